The molecule has 0 bridgehead atoms. The molecule has 0 aliphatic carbocycles. The highest BCUT2D eigenvalue weighted by Crippen LogP contribution is 2.36. The lowest BCUT2D eigenvalue weighted by atomic mass is 10.0. The summed E-state index contributed by atoms with van der Waals surface area (Å²) in [6.45, 7) is 2.99. The summed E-state index contributed by atoms with van der Waals surface area (Å²) in [5.41, 5.74) is 4.33. The number of rotatable bonds is 5. The second-order valence-corrected chi connectivity index (χ2v) is 7.45. The molecule has 8 heteroatoms. The number of aromatic amines is 1. The van der Waals surface area contributed by atoms with E-state index in [4.69, 9.17) is 16.7 Å². The van der Waals surface area contributed by atoms with Crippen LogP contribution in [0.3, 0.4) is 0 Å². The first-order valence-electron chi connectivity index (χ1n) is 9.47. The first kappa shape index (κ1) is 19.4. The van der Waals surface area contributed by atoms with Crippen molar-refractivity contribution < 1.29 is 14.7 Å². The molecule has 0 saturated carbocycles. The number of halogens is 1. The Hall–Kier alpha value is -2.90. The maximum absolute atomic E-state index is 12.6. The SMILES string of the molecule is CCc1c[nH]c2ncc(-c3cccc(N4CCN(CC(=O)O)CC4=O)c3)c(Cl)c12. The smallest absolute Gasteiger partial charge is 0.317 e. The van der Waals surface area contributed by atoms with Crippen molar-refractivity contribution in [2.45, 2.75) is 13.3 Å². The molecule has 150 valence electrons. The molecule has 1 aliphatic heterocycles. The van der Waals surface area contributed by atoms with E-state index in [-0.39, 0.29) is 19.0 Å². The van der Waals surface area contributed by atoms with E-state index in [1.165, 1.54) is 0 Å². The predicted octanol–water partition coefficient (Wildman–Crippen LogP) is 3.18. The molecule has 0 unspecified atom stereocenters. The summed E-state index contributed by atoms with van der Waals surface area (Å²) in [4.78, 5) is 34.4. The van der Waals surface area contributed by atoms with Gasteiger partial charge in [0.05, 0.1) is 18.1 Å². The summed E-state index contributed by atoms with van der Waals surface area (Å²) < 4.78 is 0. The van der Waals surface area contributed by atoms with Gasteiger partial charge in [-0.2, -0.15) is 0 Å². The van der Waals surface area contributed by atoms with Crippen LogP contribution in [0.5, 0.6) is 0 Å². The number of anilines is 1. The molecule has 0 radical (unpaired) electrons. The Morgan fingerprint density at radius 1 is 1.34 bits per heavy atom. The Balaban J connectivity index is 1.65. The average Bonchev–Trinajstić information content (AvgIpc) is 3.12. The van der Waals surface area contributed by atoms with Gasteiger partial charge in [0.15, 0.2) is 0 Å². The van der Waals surface area contributed by atoms with E-state index in [1.54, 1.807) is 16.0 Å². The number of hydrogen-bond acceptors (Lipinski definition) is 4. The van der Waals surface area contributed by atoms with Crippen molar-refractivity contribution in [1.82, 2.24) is 14.9 Å². The highest BCUT2D eigenvalue weighted by atomic mass is 35.5. The van der Waals surface area contributed by atoms with E-state index in [2.05, 4.69) is 16.9 Å². The summed E-state index contributed by atoms with van der Waals surface area (Å²) in [7, 11) is 0. The zero-order chi connectivity index (χ0) is 20.5. The normalized spacial score (nSPS) is 15.2. The highest BCUT2D eigenvalue weighted by molar-refractivity contribution is 6.38. The number of aromatic nitrogens is 2. The standard InChI is InChI=1S/C21H21ClN4O3/c1-2-13-9-23-21-19(13)20(22)16(10-24-21)14-4-3-5-15(8-14)26-7-6-25(11-17(26)27)12-18(28)29/h3-5,8-10H,2,6-7,11-12H2,1H3,(H,23,24)(H,28,29). The van der Waals surface area contributed by atoms with Crippen molar-refractivity contribution in [1.29, 1.82) is 0 Å². The van der Waals surface area contributed by atoms with Crippen LogP contribution in [0.15, 0.2) is 36.7 Å². The fourth-order valence-corrected chi connectivity index (χ4v) is 4.13. The van der Waals surface area contributed by atoms with Crippen LogP contribution in [0.4, 0.5) is 5.69 Å². The number of benzene rings is 1. The van der Waals surface area contributed by atoms with E-state index < -0.39 is 5.97 Å². The molecule has 0 atom stereocenters. The minimum atomic E-state index is -0.929. The van der Waals surface area contributed by atoms with E-state index in [0.717, 1.165) is 39.8 Å². The summed E-state index contributed by atoms with van der Waals surface area (Å²) in [5, 5.41) is 10.5. The van der Waals surface area contributed by atoms with Gasteiger partial charge < -0.3 is 15.0 Å². The number of carboxylic acids is 1. The van der Waals surface area contributed by atoms with E-state index in [1.807, 2.05) is 30.5 Å². The lowest BCUT2D eigenvalue weighted by Gasteiger charge is -2.33. The van der Waals surface area contributed by atoms with Crippen LogP contribution in [0.25, 0.3) is 22.2 Å². The molecule has 1 aliphatic rings. The maximum Gasteiger partial charge on any atom is 0.317 e. The number of aryl methyl sites for hydroxylation is 1. The summed E-state index contributed by atoms with van der Waals surface area (Å²) in [5.74, 6) is -1.05. The predicted molar refractivity (Wildman–Crippen MR) is 112 cm³/mol. The fourth-order valence-electron chi connectivity index (χ4n) is 3.76. The lowest BCUT2D eigenvalue weighted by molar-refractivity contribution is -0.138. The number of piperazine rings is 1. The number of H-pyrrole nitrogens is 1. The molecule has 3 aromatic rings. The minimum Gasteiger partial charge on any atom is -0.480 e. The van der Waals surface area contributed by atoms with Gasteiger partial charge in [0, 0.05) is 42.1 Å². The van der Waals surface area contributed by atoms with E-state index in [0.29, 0.717) is 18.1 Å². The number of carboxylic acid groups (broad SMARTS) is 1. The Labute approximate surface area is 172 Å². The van der Waals surface area contributed by atoms with Gasteiger partial charge in [-0.05, 0) is 29.7 Å². The molecule has 1 saturated heterocycles. The third kappa shape index (κ3) is 3.71. The van der Waals surface area contributed by atoms with Crippen molar-refractivity contribution in [3.63, 3.8) is 0 Å². The number of nitrogens with zero attached hydrogens (tertiary/aromatic N) is 3. The van der Waals surface area contributed by atoms with Gasteiger partial charge in [-0.3, -0.25) is 14.5 Å². The topological polar surface area (TPSA) is 89.5 Å². The molecule has 4 rings (SSSR count). The molecular formula is C21H21ClN4O3. The summed E-state index contributed by atoms with van der Waals surface area (Å²) in [6.07, 6.45) is 4.52. The van der Waals surface area contributed by atoms with Crippen LogP contribution >= 0.6 is 11.6 Å². The van der Waals surface area contributed by atoms with E-state index >= 15 is 0 Å². The third-order valence-corrected chi connectivity index (χ3v) is 5.62. The quantitative estimate of drug-likeness (QED) is 0.671. The minimum absolute atomic E-state index is 0.0913. The first-order valence-corrected chi connectivity index (χ1v) is 9.85. The van der Waals surface area contributed by atoms with Crippen LogP contribution in [-0.2, 0) is 16.0 Å². The lowest BCUT2D eigenvalue weighted by Crippen LogP contribution is -2.51. The van der Waals surface area contributed by atoms with E-state index in [9.17, 15) is 9.59 Å². The zero-order valence-electron chi connectivity index (χ0n) is 16.0. The van der Waals surface area contributed by atoms with Crippen molar-refractivity contribution >= 4 is 40.2 Å². The van der Waals surface area contributed by atoms with Crippen LogP contribution in [0.2, 0.25) is 5.02 Å². The van der Waals surface area contributed by atoms with Crippen molar-refractivity contribution in [2.24, 2.45) is 0 Å². The Kier molecular flexibility index (Phi) is 5.25. The molecule has 2 N–H and O–H groups in total. The Morgan fingerprint density at radius 3 is 2.90 bits per heavy atom. The van der Waals surface area contributed by atoms with Gasteiger partial charge in [-0.1, -0.05) is 30.7 Å². The fraction of sp³-hybridized carbons (Fsp3) is 0.286. The highest BCUT2D eigenvalue weighted by Gasteiger charge is 2.26. The summed E-state index contributed by atoms with van der Waals surface area (Å²) >= 11 is 6.73. The molecule has 1 amide bonds. The molecule has 7 nitrogen and oxygen atoms in total. The second-order valence-electron chi connectivity index (χ2n) is 7.08. The number of carbonyl (C=O) groups is 2. The van der Waals surface area contributed by atoms with Crippen molar-refractivity contribution in [3.05, 3.63) is 47.2 Å². The largest absolute Gasteiger partial charge is 0.480 e. The number of aliphatic carboxylic acids is 1. The third-order valence-electron chi connectivity index (χ3n) is 5.23. The van der Waals surface area contributed by atoms with Crippen LogP contribution in [0.1, 0.15) is 12.5 Å². The molecule has 2 aromatic heterocycles. The first-order chi connectivity index (χ1) is 14.0. The summed E-state index contributed by atoms with van der Waals surface area (Å²) in [6, 6.07) is 7.64. The van der Waals surface area contributed by atoms with Crippen molar-refractivity contribution in [2.75, 3.05) is 31.1 Å². The van der Waals surface area contributed by atoms with Gasteiger partial charge in [-0.25, -0.2) is 4.98 Å². The molecule has 3 heterocycles. The monoisotopic (exact) mass is 412 g/mol. The van der Waals surface area contributed by atoms with Crippen LogP contribution < -0.4 is 4.90 Å². The van der Waals surface area contributed by atoms with Gasteiger partial charge in [0.25, 0.3) is 0 Å². The van der Waals surface area contributed by atoms with Gasteiger partial charge >= 0.3 is 5.97 Å². The molecule has 0 spiro atoms. The number of nitrogens with one attached hydrogen (secondary N) is 1. The van der Waals surface area contributed by atoms with Crippen LogP contribution in [0, 0.1) is 0 Å². The zero-order valence-corrected chi connectivity index (χ0v) is 16.7. The second kappa shape index (κ2) is 7.85. The van der Waals surface area contributed by atoms with Crippen LogP contribution in [-0.4, -0.2) is 58.0 Å². The number of amides is 1. The number of carbonyl (C=O) groups excluding carboxylic acids is 1. The molecular weight excluding hydrogens is 392 g/mol. The van der Waals surface area contributed by atoms with Crippen molar-refractivity contribution in [3.8, 4) is 11.1 Å². The van der Waals surface area contributed by atoms with Gasteiger partial charge in [-0.15, -0.1) is 0 Å². The number of fused-ring (bicyclic) bond motifs is 1. The Bertz CT molecular complexity index is 1090. The molecule has 1 fully saturated rings. The maximum atomic E-state index is 12.6. The number of hydrogen-bond donors (Lipinski definition) is 2. The average molecular weight is 413 g/mol. The van der Waals surface area contributed by atoms with Gasteiger partial charge in [0.2, 0.25) is 5.91 Å². The molecule has 29 heavy (non-hydrogen) atoms. The van der Waals surface area contributed by atoms with Gasteiger partial charge in [0.1, 0.15) is 5.65 Å². The number of pyridine rings is 1. The Morgan fingerprint density at radius 2 is 2.17 bits per heavy atom. The molecule has 1 aromatic carbocycles.